The van der Waals surface area contributed by atoms with Crippen molar-refractivity contribution < 1.29 is 18.0 Å². The highest BCUT2D eigenvalue weighted by Crippen LogP contribution is 2.46. The van der Waals surface area contributed by atoms with E-state index in [1.165, 1.54) is 0 Å². The van der Waals surface area contributed by atoms with E-state index in [1.807, 2.05) is 0 Å². The van der Waals surface area contributed by atoms with Crippen LogP contribution in [0.2, 0.25) is 5.02 Å². The van der Waals surface area contributed by atoms with Crippen molar-refractivity contribution in [3.05, 3.63) is 45.7 Å². The van der Waals surface area contributed by atoms with Crippen LogP contribution >= 0.6 is 11.6 Å². The Bertz CT molecular complexity index is 1170. The number of aromatic amines is 1. The van der Waals surface area contributed by atoms with Gasteiger partial charge in [0.25, 0.3) is 5.91 Å². The van der Waals surface area contributed by atoms with Gasteiger partial charge in [-0.25, -0.2) is 4.98 Å². The van der Waals surface area contributed by atoms with Crippen LogP contribution in [0, 0.1) is 0 Å². The number of amides is 1. The molecule has 0 saturated heterocycles. The van der Waals surface area contributed by atoms with Gasteiger partial charge in [-0.15, -0.1) is 0 Å². The van der Waals surface area contributed by atoms with E-state index in [0.717, 1.165) is 24.6 Å². The number of nitrogens with one attached hydrogen (secondary N) is 2. The topological polar surface area (TPSA) is 73.9 Å². The molecule has 2 N–H and O–H groups in total. The number of halogens is 4. The first-order valence-corrected chi connectivity index (χ1v) is 9.41. The van der Waals surface area contributed by atoms with Crippen LogP contribution in [0.25, 0.3) is 11.0 Å². The Kier molecular flexibility index (Phi) is 3.83. The highest BCUT2D eigenvalue weighted by atomic mass is 35.5. The third kappa shape index (κ3) is 3.00. The fraction of sp³-hybridized carbons (Fsp3) is 0.316. The molecular formula is C19H15ClF3N5O. The molecule has 0 atom stereocenters. The predicted molar refractivity (Wildman–Crippen MR) is 101 cm³/mol. The lowest BCUT2D eigenvalue weighted by atomic mass is 10.1. The Labute approximate surface area is 168 Å². The summed E-state index contributed by atoms with van der Waals surface area (Å²) in [5.41, 5.74) is 1.51. The van der Waals surface area contributed by atoms with Gasteiger partial charge in [-0.1, -0.05) is 11.6 Å². The van der Waals surface area contributed by atoms with Crippen LogP contribution in [0.1, 0.15) is 45.9 Å². The maximum Gasteiger partial charge on any atom is 0.418 e. The van der Waals surface area contributed by atoms with Crippen LogP contribution in [-0.2, 0) is 12.7 Å². The van der Waals surface area contributed by atoms with E-state index < -0.39 is 11.7 Å². The number of hydrogen-bond donors (Lipinski definition) is 2. The molecule has 3 aromatic rings. The molecule has 1 fully saturated rings. The minimum atomic E-state index is -4.49. The molecule has 6 nitrogen and oxygen atoms in total. The molecule has 1 aliphatic carbocycles. The summed E-state index contributed by atoms with van der Waals surface area (Å²) >= 11 is 6.35. The first-order chi connectivity index (χ1) is 13.7. The normalized spacial score (nSPS) is 16.6. The van der Waals surface area contributed by atoms with E-state index in [-0.39, 0.29) is 28.8 Å². The van der Waals surface area contributed by atoms with Gasteiger partial charge in [0.15, 0.2) is 0 Å². The Morgan fingerprint density at radius 1 is 1.28 bits per heavy atom. The molecule has 150 valence electrons. The van der Waals surface area contributed by atoms with Crippen LogP contribution < -0.4 is 5.32 Å². The summed E-state index contributed by atoms with van der Waals surface area (Å²) in [6.45, 7) is 0.477. The van der Waals surface area contributed by atoms with Gasteiger partial charge >= 0.3 is 6.18 Å². The molecule has 1 aliphatic heterocycles. The average Bonchev–Trinajstić information content (AvgIpc) is 3.34. The summed E-state index contributed by atoms with van der Waals surface area (Å²) < 4.78 is 40.1. The number of nitrogens with zero attached hydrogens (tertiary/aromatic N) is 3. The molecule has 0 radical (unpaired) electrons. The fourth-order valence-electron chi connectivity index (χ4n) is 3.69. The largest absolute Gasteiger partial charge is 0.418 e. The van der Waals surface area contributed by atoms with Crippen LogP contribution in [0.5, 0.6) is 0 Å². The molecule has 0 unspecified atom stereocenters. The van der Waals surface area contributed by atoms with Crippen molar-refractivity contribution in [3.8, 4) is 0 Å². The molecule has 5 rings (SSSR count). The summed E-state index contributed by atoms with van der Waals surface area (Å²) in [4.78, 5) is 25.0. The van der Waals surface area contributed by atoms with E-state index in [1.54, 1.807) is 24.1 Å². The third-order valence-corrected chi connectivity index (χ3v) is 5.57. The minimum absolute atomic E-state index is 0.0161. The molecule has 0 bridgehead atoms. The van der Waals surface area contributed by atoms with Crippen LogP contribution in [0.15, 0.2) is 18.3 Å². The second-order valence-corrected chi connectivity index (χ2v) is 7.81. The highest BCUT2D eigenvalue weighted by Gasteiger charge is 2.38. The van der Waals surface area contributed by atoms with Crippen molar-refractivity contribution >= 4 is 40.2 Å². The number of aromatic nitrogens is 3. The summed E-state index contributed by atoms with van der Waals surface area (Å²) in [5, 5.41) is 3.37. The van der Waals surface area contributed by atoms with E-state index in [4.69, 9.17) is 11.6 Å². The van der Waals surface area contributed by atoms with E-state index >= 15 is 0 Å². The van der Waals surface area contributed by atoms with Crippen LogP contribution in [0.3, 0.4) is 0 Å². The Hall–Kier alpha value is -2.81. The van der Waals surface area contributed by atoms with Gasteiger partial charge in [-0.3, -0.25) is 4.79 Å². The number of fused-ring (bicyclic) bond motifs is 2. The fourth-order valence-corrected chi connectivity index (χ4v) is 3.92. The molecule has 2 aliphatic rings. The number of carbonyl (C=O) groups excluding carboxylic acids is 1. The van der Waals surface area contributed by atoms with Crippen molar-refractivity contribution in [1.82, 2.24) is 19.9 Å². The summed E-state index contributed by atoms with van der Waals surface area (Å²) in [6, 6.07) is 3.33. The zero-order valence-corrected chi connectivity index (χ0v) is 15.9. The van der Waals surface area contributed by atoms with Gasteiger partial charge in [-0.05, 0) is 30.5 Å². The molecule has 10 heteroatoms. The molecule has 1 aromatic carbocycles. The molecular weight excluding hydrogens is 407 g/mol. The Balaban J connectivity index is 1.58. The first-order valence-electron chi connectivity index (χ1n) is 9.03. The molecule has 1 amide bonds. The summed E-state index contributed by atoms with van der Waals surface area (Å²) in [6.07, 6.45) is -2.00. The van der Waals surface area contributed by atoms with Crippen molar-refractivity contribution in [2.24, 2.45) is 0 Å². The smallest absolute Gasteiger partial charge is 0.345 e. The zero-order valence-electron chi connectivity index (χ0n) is 15.2. The number of rotatable bonds is 3. The van der Waals surface area contributed by atoms with Crippen molar-refractivity contribution in [2.45, 2.75) is 31.5 Å². The lowest BCUT2D eigenvalue weighted by molar-refractivity contribution is -0.136. The van der Waals surface area contributed by atoms with Crippen molar-refractivity contribution in [1.29, 1.82) is 0 Å². The van der Waals surface area contributed by atoms with Gasteiger partial charge in [0, 0.05) is 31.3 Å². The number of carbonyl (C=O) groups is 1. The standard InChI is InChI=1S/C19H15ClF3N5O/c1-28-7-9-4-12(20)13(5-10(9)17(28)29)25-18-26-15(8-2-3-8)14-11(19(21,22)23)6-24-16(14)27-18/h4-6,8H,2-3,7H2,1H3,(H2,24,25,26,27). The lowest BCUT2D eigenvalue weighted by Crippen LogP contribution is -2.17. The molecule has 1 saturated carbocycles. The van der Waals surface area contributed by atoms with E-state index in [0.29, 0.717) is 28.5 Å². The second kappa shape index (κ2) is 6.09. The maximum atomic E-state index is 13.4. The van der Waals surface area contributed by atoms with Gasteiger partial charge in [0.05, 0.1) is 27.4 Å². The number of hydrogen-bond acceptors (Lipinski definition) is 4. The van der Waals surface area contributed by atoms with Crippen molar-refractivity contribution in [3.63, 3.8) is 0 Å². The maximum absolute atomic E-state index is 13.4. The van der Waals surface area contributed by atoms with Crippen LogP contribution in [-0.4, -0.2) is 32.8 Å². The predicted octanol–water partition coefficient (Wildman–Crippen LogP) is 4.84. The van der Waals surface area contributed by atoms with E-state index in [2.05, 4.69) is 20.3 Å². The number of benzene rings is 1. The quantitative estimate of drug-likeness (QED) is 0.634. The van der Waals surface area contributed by atoms with Crippen LogP contribution in [0.4, 0.5) is 24.8 Å². The third-order valence-electron chi connectivity index (χ3n) is 5.25. The van der Waals surface area contributed by atoms with Gasteiger partial charge in [0.2, 0.25) is 5.95 Å². The number of H-pyrrole nitrogens is 1. The Morgan fingerprint density at radius 3 is 2.72 bits per heavy atom. The first kappa shape index (κ1) is 18.2. The van der Waals surface area contributed by atoms with Gasteiger partial charge in [0.1, 0.15) is 5.65 Å². The minimum Gasteiger partial charge on any atom is -0.345 e. The SMILES string of the molecule is CN1Cc2cc(Cl)c(Nc3nc(C4CC4)c4c(C(F)(F)F)c[nH]c4n3)cc2C1=O. The number of anilines is 2. The highest BCUT2D eigenvalue weighted by molar-refractivity contribution is 6.33. The number of alkyl halides is 3. The molecule has 3 heterocycles. The summed E-state index contributed by atoms with van der Waals surface area (Å²) in [5.74, 6) is -0.00626. The molecule has 0 spiro atoms. The monoisotopic (exact) mass is 421 g/mol. The summed E-state index contributed by atoms with van der Waals surface area (Å²) in [7, 11) is 1.70. The van der Waals surface area contributed by atoms with Gasteiger partial charge in [-0.2, -0.15) is 18.2 Å². The van der Waals surface area contributed by atoms with Gasteiger partial charge < -0.3 is 15.2 Å². The average molecular weight is 422 g/mol. The van der Waals surface area contributed by atoms with E-state index in [9.17, 15) is 18.0 Å². The second-order valence-electron chi connectivity index (χ2n) is 7.41. The Morgan fingerprint density at radius 2 is 2.03 bits per heavy atom. The lowest BCUT2D eigenvalue weighted by Gasteiger charge is -2.12. The molecule has 29 heavy (non-hydrogen) atoms. The molecule has 2 aromatic heterocycles. The zero-order chi connectivity index (χ0) is 20.5. The van der Waals surface area contributed by atoms with Crippen molar-refractivity contribution in [2.75, 3.05) is 12.4 Å².